The van der Waals surface area contributed by atoms with Gasteiger partial charge in [0.1, 0.15) is 5.75 Å². The van der Waals surface area contributed by atoms with E-state index >= 15 is 0 Å². The molecule has 0 radical (unpaired) electrons. The van der Waals surface area contributed by atoms with Gasteiger partial charge in [-0.3, -0.25) is 4.79 Å². The van der Waals surface area contributed by atoms with Crippen LogP contribution in [0.3, 0.4) is 0 Å². The van der Waals surface area contributed by atoms with Crippen LogP contribution in [0.5, 0.6) is 5.75 Å². The van der Waals surface area contributed by atoms with Crippen molar-refractivity contribution in [2.45, 2.75) is 40.2 Å². The van der Waals surface area contributed by atoms with E-state index in [4.69, 9.17) is 10.5 Å². The number of ether oxygens (including phenoxy) is 1. The minimum atomic E-state index is -0.402. The summed E-state index contributed by atoms with van der Waals surface area (Å²) in [6.07, 6.45) is 0. The molecule has 1 atom stereocenters. The van der Waals surface area contributed by atoms with E-state index in [1.165, 1.54) is 0 Å². The van der Waals surface area contributed by atoms with Crippen molar-refractivity contribution in [2.24, 2.45) is 11.7 Å². The molecule has 1 amide bonds. The molecule has 1 aromatic rings. The molecule has 3 N–H and O–H groups in total. The highest BCUT2D eigenvalue weighted by Crippen LogP contribution is 2.22. The summed E-state index contributed by atoms with van der Waals surface area (Å²) >= 11 is 0. The smallest absolute Gasteiger partial charge is 0.258 e. The summed E-state index contributed by atoms with van der Waals surface area (Å²) in [7, 11) is 0. The van der Waals surface area contributed by atoms with Crippen molar-refractivity contribution < 1.29 is 9.53 Å². The van der Waals surface area contributed by atoms with Gasteiger partial charge in [-0.25, -0.2) is 0 Å². The molecule has 0 heterocycles. The SMILES string of the molecule is Cc1cccc(C)c1OCC(=O)NC(C)(CN)C(C)C.Cl. The Balaban J connectivity index is 0.00000400. The van der Waals surface area contributed by atoms with Gasteiger partial charge < -0.3 is 15.8 Å². The highest BCUT2D eigenvalue weighted by atomic mass is 35.5. The summed E-state index contributed by atoms with van der Waals surface area (Å²) in [5.74, 6) is 0.896. The molecule has 0 fully saturated rings. The number of halogens is 1. The molecule has 0 aliphatic carbocycles. The average molecular weight is 315 g/mol. The lowest BCUT2D eigenvalue weighted by Crippen LogP contribution is -2.56. The van der Waals surface area contributed by atoms with Crippen molar-refractivity contribution >= 4 is 18.3 Å². The summed E-state index contributed by atoms with van der Waals surface area (Å²) in [6, 6.07) is 5.92. The number of hydrogen-bond acceptors (Lipinski definition) is 3. The van der Waals surface area contributed by atoms with Gasteiger partial charge in [-0.15, -0.1) is 12.4 Å². The van der Waals surface area contributed by atoms with Gasteiger partial charge in [-0.1, -0.05) is 32.0 Å². The molecule has 1 rings (SSSR count). The number of nitrogens with two attached hydrogens (primary N) is 1. The van der Waals surface area contributed by atoms with Crippen molar-refractivity contribution in [3.63, 3.8) is 0 Å². The molecule has 4 nitrogen and oxygen atoms in total. The first-order valence-corrected chi connectivity index (χ1v) is 7.00. The van der Waals surface area contributed by atoms with Crippen LogP contribution in [0.25, 0.3) is 0 Å². The second-order valence-corrected chi connectivity index (χ2v) is 5.83. The minimum Gasteiger partial charge on any atom is -0.483 e. The van der Waals surface area contributed by atoms with Crippen LogP contribution in [0.2, 0.25) is 0 Å². The predicted molar refractivity (Wildman–Crippen MR) is 89.1 cm³/mol. The second-order valence-electron chi connectivity index (χ2n) is 5.83. The summed E-state index contributed by atoms with van der Waals surface area (Å²) < 4.78 is 5.65. The van der Waals surface area contributed by atoms with Gasteiger partial charge in [0.15, 0.2) is 6.61 Å². The standard InChI is InChI=1S/C16H26N2O2.ClH/c1-11(2)16(5,10-17)18-14(19)9-20-15-12(3)7-6-8-13(15)4;/h6-8,11H,9-10,17H2,1-5H3,(H,18,19);1H. The van der Waals surface area contributed by atoms with E-state index in [-0.39, 0.29) is 30.8 Å². The molecule has 0 bridgehead atoms. The number of para-hydroxylation sites is 1. The van der Waals surface area contributed by atoms with E-state index in [1.54, 1.807) is 0 Å². The zero-order valence-electron chi connectivity index (χ0n) is 13.5. The highest BCUT2D eigenvalue weighted by molar-refractivity contribution is 5.85. The van der Waals surface area contributed by atoms with Gasteiger partial charge in [0.05, 0.1) is 5.54 Å². The maximum Gasteiger partial charge on any atom is 0.258 e. The van der Waals surface area contributed by atoms with Crippen molar-refractivity contribution in [1.29, 1.82) is 0 Å². The van der Waals surface area contributed by atoms with E-state index in [0.717, 1.165) is 16.9 Å². The fraction of sp³-hybridized carbons (Fsp3) is 0.562. The quantitative estimate of drug-likeness (QED) is 0.848. The predicted octanol–water partition coefficient (Wildman–Crippen LogP) is 2.59. The van der Waals surface area contributed by atoms with E-state index in [2.05, 4.69) is 5.32 Å². The van der Waals surface area contributed by atoms with Crippen molar-refractivity contribution in [3.05, 3.63) is 29.3 Å². The molecule has 0 saturated heterocycles. The zero-order chi connectivity index (χ0) is 15.3. The fourth-order valence-corrected chi connectivity index (χ4v) is 1.95. The molecule has 21 heavy (non-hydrogen) atoms. The van der Waals surface area contributed by atoms with Gasteiger partial charge in [0.2, 0.25) is 0 Å². The first-order valence-electron chi connectivity index (χ1n) is 7.00. The molecule has 0 spiro atoms. The Morgan fingerprint density at radius 3 is 2.29 bits per heavy atom. The first kappa shape index (κ1) is 19.7. The zero-order valence-corrected chi connectivity index (χ0v) is 14.3. The maximum atomic E-state index is 12.0. The molecule has 0 saturated carbocycles. The molecule has 0 aliphatic heterocycles. The van der Waals surface area contributed by atoms with Crippen LogP contribution in [-0.4, -0.2) is 24.6 Å². The number of benzene rings is 1. The minimum absolute atomic E-state index is 0. The van der Waals surface area contributed by atoms with Crippen LogP contribution in [0.4, 0.5) is 0 Å². The topological polar surface area (TPSA) is 64.3 Å². The molecule has 0 aromatic heterocycles. The Hall–Kier alpha value is -1.26. The summed E-state index contributed by atoms with van der Waals surface area (Å²) in [5, 5.41) is 2.96. The lowest BCUT2D eigenvalue weighted by Gasteiger charge is -2.33. The van der Waals surface area contributed by atoms with E-state index < -0.39 is 5.54 Å². The Morgan fingerprint density at radius 2 is 1.86 bits per heavy atom. The number of aryl methyl sites for hydroxylation is 2. The Labute approximate surface area is 133 Å². The van der Waals surface area contributed by atoms with Crippen LogP contribution in [0.1, 0.15) is 31.9 Å². The van der Waals surface area contributed by atoms with Crippen LogP contribution in [0, 0.1) is 19.8 Å². The second kappa shape index (κ2) is 8.25. The molecular formula is C16H27ClN2O2. The molecule has 1 aromatic carbocycles. The van der Waals surface area contributed by atoms with Crippen molar-refractivity contribution in [2.75, 3.05) is 13.2 Å². The number of carbonyl (C=O) groups excluding carboxylic acids is 1. The van der Waals surface area contributed by atoms with Gasteiger partial charge in [0.25, 0.3) is 5.91 Å². The average Bonchev–Trinajstić information content (AvgIpc) is 2.37. The van der Waals surface area contributed by atoms with Crippen LogP contribution < -0.4 is 15.8 Å². The number of carbonyl (C=O) groups is 1. The Morgan fingerprint density at radius 1 is 1.33 bits per heavy atom. The third-order valence-corrected chi connectivity index (χ3v) is 3.88. The molecule has 0 aliphatic rings. The van der Waals surface area contributed by atoms with E-state index in [1.807, 2.05) is 52.8 Å². The number of amides is 1. The summed E-state index contributed by atoms with van der Waals surface area (Å²) in [6.45, 7) is 10.4. The Kier molecular flexibility index (Phi) is 7.75. The maximum absolute atomic E-state index is 12.0. The van der Waals surface area contributed by atoms with Crippen molar-refractivity contribution in [3.8, 4) is 5.75 Å². The molecule has 120 valence electrons. The molecular weight excluding hydrogens is 288 g/mol. The summed E-state index contributed by atoms with van der Waals surface area (Å²) in [5.41, 5.74) is 7.42. The molecule has 1 unspecified atom stereocenters. The van der Waals surface area contributed by atoms with Crippen LogP contribution >= 0.6 is 12.4 Å². The van der Waals surface area contributed by atoms with Gasteiger partial charge >= 0.3 is 0 Å². The fourth-order valence-electron chi connectivity index (χ4n) is 1.95. The van der Waals surface area contributed by atoms with Gasteiger partial charge in [0, 0.05) is 6.54 Å². The first-order chi connectivity index (χ1) is 9.30. The van der Waals surface area contributed by atoms with E-state index in [0.29, 0.717) is 6.54 Å². The van der Waals surface area contributed by atoms with Crippen LogP contribution in [-0.2, 0) is 4.79 Å². The number of nitrogens with one attached hydrogen (secondary N) is 1. The molecule has 5 heteroatoms. The third kappa shape index (κ3) is 5.21. The van der Waals surface area contributed by atoms with E-state index in [9.17, 15) is 4.79 Å². The lowest BCUT2D eigenvalue weighted by atomic mass is 9.88. The van der Waals surface area contributed by atoms with Gasteiger partial charge in [-0.2, -0.15) is 0 Å². The number of hydrogen-bond donors (Lipinski definition) is 2. The monoisotopic (exact) mass is 314 g/mol. The van der Waals surface area contributed by atoms with Crippen LogP contribution in [0.15, 0.2) is 18.2 Å². The Bertz CT molecular complexity index is 457. The van der Waals surface area contributed by atoms with Gasteiger partial charge in [-0.05, 0) is 37.8 Å². The highest BCUT2D eigenvalue weighted by Gasteiger charge is 2.28. The lowest BCUT2D eigenvalue weighted by molar-refractivity contribution is -0.125. The largest absolute Gasteiger partial charge is 0.483 e. The third-order valence-electron chi connectivity index (χ3n) is 3.88. The van der Waals surface area contributed by atoms with Crippen molar-refractivity contribution in [1.82, 2.24) is 5.32 Å². The number of rotatable bonds is 6. The normalized spacial score (nSPS) is 13.3. The summed E-state index contributed by atoms with van der Waals surface area (Å²) in [4.78, 5) is 12.0.